The third-order valence-electron chi connectivity index (χ3n) is 5.19. The van der Waals surface area contributed by atoms with Crippen molar-refractivity contribution in [2.45, 2.75) is 32.2 Å². The molecule has 0 radical (unpaired) electrons. The van der Waals surface area contributed by atoms with Crippen LogP contribution in [-0.4, -0.2) is 15.6 Å². The van der Waals surface area contributed by atoms with Crippen molar-refractivity contribution >= 4 is 22.4 Å². The van der Waals surface area contributed by atoms with Gasteiger partial charge in [-0.05, 0) is 66.6 Å². The molecular weight excluding hydrogens is 310 g/mol. The summed E-state index contributed by atoms with van der Waals surface area (Å²) in [5.41, 5.74) is 5.81. The molecule has 1 heterocycles. The van der Waals surface area contributed by atoms with Crippen LogP contribution in [0.1, 0.15) is 42.5 Å². The van der Waals surface area contributed by atoms with Crippen LogP contribution in [0.3, 0.4) is 0 Å². The van der Waals surface area contributed by atoms with Crippen LogP contribution in [0, 0.1) is 0 Å². The highest BCUT2D eigenvalue weighted by Crippen LogP contribution is 2.35. The third kappa shape index (κ3) is 2.86. The Morgan fingerprint density at radius 3 is 2.88 bits per heavy atom. The van der Waals surface area contributed by atoms with Gasteiger partial charge < -0.3 is 9.67 Å². The van der Waals surface area contributed by atoms with Gasteiger partial charge in [0.2, 0.25) is 0 Å². The van der Waals surface area contributed by atoms with Gasteiger partial charge in [-0.2, -0.15) is 0 Å². The summed E-state index contributed by atoms with van der Waals surface area (Å²) in [6.45, 7) is 1.84. The third-order valence-corrected chi connectivity index (χ3v) is 5.19. The van der Waals surface area contributed by atoms with E-state index in [-0.39, 0.29) is 0 Å². The summed E-state index contributed by atoms with van der Waals surface area (Å²) < 4.78 is 2.37. The van der Waals surface area contributed by atoms with Crippen LogP contribution in [0.25, 0.3) is 16.5 Å². The Morgan fingerprint density at radius 1 is 1.20 bits per heavy atom. The summed E-state index contributed by atoms with van der Waals surface area (Å²) in [7, 11) is 0. The number of aliphatic carboxylic acids is 1. The SMILES string of the molecule is C/C(=C\C(=O)O)c1ccc2c(ccn2C2CCCc3ccccc32)c1. The van der Waals surface area contributed by atoms with E-state index in [1.54, 1.807) is 0 Å². The van der Waals surface area contributed by atoms with Crippen LogP contribution in [0.15, 0.2) is 60.8 Å². The lowest BCUT2D eigenvalue weighted by Crippen LogP contribution is -2.16. The second-order valence-corrected chi connectivity index (χ2v) is 6.77. The fourth-order valence-electron chi connectivity index (χ4n) is 3.97. The highest BCUT2D eigenvalue weighted by Gasteiger charge is 2.22. The van der Waals surface area contributed by atoms with Gasteiger partial charge in [0, 0.05) is 23.2 Å². The Hall–Kier alpha value is -2.81. The molecule has 0 aliphatic heterocycles. The van der Waals surface area contributed by atoms with Gasteiger partial charge in [-0.25, -0.2) is 4.79 Å². The number of benzene rings is 2. The van der Waals surface area contributed by atoms with Gasteiger partial charge in [-0.15, -0.1) is 0 Å². The predicted molar refractivity (Wildman–Crippen MR) is 101 cm³/mol. The smallest absolute Gasteiger partial charge is 0.328 e. The van der Waals surface area contributed by atoms with Crippen molar-refractivity contribution in [2.24, 2.45) is 0 Å². The van der Waals surface area contributed by atoms with Gasteiger partial charge in [0.25, 0.3) is 0 Å². The Morgan fingerprint density at radius 2 is 2.04 bits per heavy atom. The minimum absolute atomic E-state index is 0.379. The highest BCUT2D eigenvalue weighted by atomic mass is 16.4. The molecule has 1 aliphatic rings. The molecule has 4 rings (SSSR count). The molecule has 1 aromatic heterocycles. The second kappa shape index (κ2) is 6.25. The molecule has 0 saturated heterocycles. The topological polar surface area (TPSA) is 42.2 Å². The van der Waals surface area contributed by atoms with E-state index in [0.717, 1.165) is 29.4 Å². The largest absolute Gasteiger partial charge is 0.478 e. The van der Waals surface area contributed by atoms with Crippen molar-refractivity contribution in [2.75, 3.05) is 0 Å². The van der Waals surface area contributed by atoms with Gasteiger partial charge in [0.15, 0.2) is 0 Å². The lowest BCUT2D eigenvalue weighted by atomic mass is 9.87. The Balaban J connectivity index is 1.77. The molecule has 3 heteroatoms. The van der Waals surface area contributed by atoms with E-state index in [1.807, 2.05) is 13.0 Å². The van der Waals surface area contributed by atoms with Crippen molar-refractivity contribution < 1.29 is 9.90 Å². The number of nitrogens with zero attached hydrogens (tertiary/aromatic N) is 1. The van der Waals surface area contributed by atoms with Gasteiger partial charge in [0.05, 0.1) is 6.04 Å². The lowest BCUT2D eigenvalue weighted by Gasteiger charge is -2.27. The summed E-state index contributed by atoms with van der Waals surface area (Å²) in [6.07, 6.45) is 6.95. The summed E-state index contributed by atoms with van der Waals surface area (Å²) in [6, 6.07) is 17.5. The maximum absolute atomic E-state index is 10.9. The molecule has 3 aromatic rings. The van der Waals surface area contributed by atoms with Crippen LogP contribution in [0.2, 0.25) is 0 Å². The molecular formula is C22H21NO2. The van der Waals surface area contributed by atoms with E-state index >= 15 is 0 Å². The average molecular weight is 331 g/mol. The van der Waals surface area contributed by atoms with Crippen LogP contribution in [0.5, 0.6) is 0 Å². The molecule has 126 valence electrons. The maximum atomic E-state index is 10.9. The molecule has 1 N–H and O–H groups in total. The van der Waals surface area contributed by atoms with Crippen LogP contribution in [0.4, 0.5) is 0 Å². The first-order valence-electron chi connectivity index (χ1n) is 8.73. The van der Waals surface area contributed by atoms with Crippen LogP contribution in [-0.2, 0) is 11.2 Å². The number of carboxylic acid groups (broad SMARTS) is 1. The zero-order chi connectivity index (χ0) is 17.4. The monoisotopic (exact) mass is 331 g/mol. The van der Waals surface area contributed by atoms with E-state index in [0.29, 0.717) is 6.04 Å². The number of allylic oxidation sites excluding steroid dienone is 1. The van der Waals surface area contributed by atoms with E-state index < -0.39 is 5.97 Å². The summed E-state index contributed by atoms with van der Waals surface area (Å²) in [4.78, 5) is 10.9. The molecule has 0 spiro atoms. The number of hydrogen-bond donors (Lipinski definition) is 1. The number of carboxylic acids is 1. The number of aryl methyl sites for hydroxylation is 1. The Labute approximate surface area is 147 Å². The molecule has 2 aromatic carbocycles. The fourth-order valence-corrected chi connectivity index (χ4v) is 3.97. The van der Waals surface area contributed by atoms with Gasteiger partial charge in [-0.3, -0.25) is 0 Å². The minimum Gasteiger partial charge on any atom is -0.478 e. The lowest BCUT2D eigenvalue weighted by molar-refractivity contribution is -0.131. The van der Waals surface area contributed by atoms with Crippen molar-refractivity contribution in [3.8, 4) is 0 Å². The molecule has 0 bridgehead atoms. The first-order chi connectivity index (χ1) is 12.1. The number of carbonyl (C=O) groups is 1. The Kier molecular flexibility index (Phi) is 3.92. The number of rotatable bonds is 3. The van der Waals surface area contributed by atoms with Crippen molar-refractivity contribution in [1.29, 1.82) is 0 Å². The Bertz CT molecular complexity index is 981. The molecule has 0 amide bonds. The molecule has 1 aliphatic carbocycles. The summed E-state index contributed by atoms with van der Waals surface area (Å²) in [5, 5.41) is 10.1. The number of aromatic nitrogens is 1. The number of hydrogen-bond acceptors (Lipinski definition) is 1. The standard InChI is InChI=1S/C22H21NO2/c1-15(13-22(24)25)17-9-10-20-18(14-17)11-12-23(20)21-8-4-6-16-5-2-3-7-19(16)21/h2-3,5,7,9-14,21H,4,6,8H2,1H3,(H,24,25)/b15-13+. The average Bonchev–Trinajstić information content (AvgIpc) is 3.03. The highest BCUT2D eigenvalue weighted by molar-refractivity contribution is 5.92. The van der Waals surface area contributed by atoms with Crippen LogP contribution >= 0.6 is 0 Å². The van der Waals surface area contributed by atoms with E-state index in [9.17, 15) is 4.79 Å². The molecule has 1 unspecified atom stereocenters. The number of fused-ring (bicyclic) bond motifs is 2. The molecule has 1 atom stereocenters. The maximum Gasteiger partial charge on any atom is 0.328 e. The van der Waals surface area contributed by atoms with Crippen LogP contribution < -0.4 is 0 Å². The first kappa shape index (κ1) is 15.7. The van der Waals surface area contributed by atoms with E-state index in [2.05, 4.69) is 53.2 Å². The van der Waals surface area contributed by atoms with Gasteiger partial charge in [-0.1, -0.05) is 30.3 Å². The minimum atomic E-state index is -0.908. The predicted octanol–water partition coefficient (Wildman–Crippen LogP) is 5.05. The van der Waals surface area contributed by atoms with Crippen molar-refractivity contribution in [3.05, 3.63) is 77.5 Å². The molecule has 3 nitrogen and oxygen atoms in total. The zero-order valence-electron chi connectivity index (χ0n) is 14.3. The second-order valence-electron chi connectivity index (χ2n) is 6.77. The van der Waals surface area contributed by atoms with E-state index in [1.165, 1.54) is 29.1 Å². The van der Waals surface area contributed by atoms with Gasteiger partial charge >= 0.3 is 5.97 Å². The summed E-state index contributed by atoms with van der Waals surface area (Å²) >= 11 is 0. The van der Waals surface area contributed by atoms with Gasteiger partial charge in [0.1, 0.15) is 0 Å². The zero-order valence-corrected chi connectivity index (χ0v) is 14.3. The van der Waals surface area contributed by atoms with E-state index in [4.69, 9.17) is 5.11 Å². The molecule has 0 fully saturated rings. The van der Waals surface area contributed by atoms with Crippen molar-refractivity contribution in [1.82, 2.24) is 4.57 Å². The molecule has 0 saturated carbocycles. The molecule has 25 heavy (non-hydrogen) atoms. The first-order valence-corrected chi connectivity index (χ1v) is 8.73. The van der Waals surface area contributed by atoms with Crippen molar-refractivity contribution in [3.63, 3.8) is 0 Å². The summed E-state index contributed by atoms with van der Waals surface area (Å²) in [5.74, 6) is -0.908. The normalized spacial score (nSPS) is 17.5. The quantitative estimate of drug-likeness (QED) is 0.682. The fraction of sp³-hybridized carbons (Fsp3) is 0.227.